The van der Waals surface area contributed by atoms with Gasteiger partial charge in [0.15, 0.2) is 0 Å². The molecule has 2 bridgehead atoms. The Balaban J connectivity index is 2.20. The summed E-state index contributed by atoms with van der Waals surface area (Å²) in [5.41, 5.74) is 0.644. The standard InChI is InChI=1S/C8H12N2O/c1-6-8(11)9-4-7-2-3-10(6)5-7/h7H,1-5H2,(H,9,11). The van der Waals surface area contributed by atoms with Gasteiger partial charge >= 0.3 is 0 Å². The molecule has 2 aliphatic heterocycles. The van der Waals surface area contributed by atoms with Gasteiger partial charge in [-0.3, -0.25) is 4.79 Å². The molecule has 0 radical (unpaired) electrons. The van der Waals surface area contributed by atoms with Crippen molar-refractivity contribution < 1.29 is 4.79 Å². The number of amides is 1. The molecule has 0 aromatic carbocycles. The number of rotatable bonds is 0. The van der Waals surface area contributed by atoms with Crippen LogP contribution >= 0.6 is 0 Å². The molecule has 2 saturated heterocycles. The Morgan fingerprint density at radius 1 is 1.64 bits per heavy atom. The van der Waals surface area contributed by atoms with E-state index in [1.165, 1.54) is 6.42 Å². The van der Waals surface area contributed by atoms with Crippen molar-refractivity contribution in [3.8, 4) is 0 Å². The first-order valence-electron chi connectivity index (χ1n) is 3.99. The Morgan fingerprint density at radius 3 is 3.27 bits per heavy atom. The van der Waals surface area contributed by atoms with E-state index >= 15 is 0 Å². The van der Waals surface area contributed by atoms with Gasteiger partial charge in [0.25, 0.3) is 5.91 Å². The number of fused-ring (bicyclic) bond motifs is 2. The van der Waals surface area contributed by atoms with E-state index in [1.54, 1.807) is 0 Å². The molecule has 0 aromatic heterocycles. The van der Waals surface area contributed by atoms with Crippen molar-refractivity contribution in [1.82, 2.24) is 10.2 Å². The number of carbonyl (C=O) groups is 1. The molecular formula is C8H12N2O. The van der Waals surface area contributed by atoms with Crippen LogP contribution in [0.2, 0.25) is 0 Å². The lowest BCUT2D eigenvalue weighted by Gasteiger charge is -2.16. The van der Waals surface area contributed by atoms with E-state index in [0.717, 1.165) is 19.6 Å². The second kappa shape index (κ2) is 2.26. The van der Waals surface area contributed by atoms with E-state index in [2.05, 4.69) is 16.8 Å². The zero-order valence-electron chi connectivity index (χ0n) is 6.47. The molecule has 1 N–H and O–H groups in total. The third kappa shape index (κ3) is 1.00. The summed E-state index contributed by atoms with van der Waals surface area (Å²) in [6, 6.07) is 0. The van der Waals surface area contributed by atoms with Crippen molar-refractivity contribution in [2.75, 3.05) is 19.6 Å². The number of hydrogen-bond donors (Lipinski definition) is 1. The number of hydrogen-bond acceptors (Lipinski definition) is 2. The van der Waals surface area contributed by atoms with Crippen LogP contribution in [0, 0.1) is 5.92 Å². The number of nitrogens with zero attached hydrogens (tertiary/aromatic N) is 1. The van der Waals surface area contributed by atoms with Crippen LogP contribution < -0.4 is 5.32 Å². The molecule has 2 rings (SSSR count). The van der Waals surface area contributed by atoms with Gasteiger partial charge in [-0.2, -0.15) is 0 Å². The lowest BCUT2D eigenvalue weighted by molar-refractivity contribution is -0.118. The van der Waals surface area contributed by atoms with Crippen molar-refractivity contribution in [2.45, 2.75) is 6.42 Å². The molecule has 3 nitrogen and oxygen atoms in total. The van der Waals surface area contributed by atoms with Crippen LogP contribution in [-0.4, -0.2) is 30.4 Å². The van der Waals surface area contributed by atoms with Crippen molar-refractivity contribution in [1.29, 1.82) is 0 Å². The van der Waals surface area contributed by atoms with Gasteiger partial charge < -0.3 is 10.2 Å². The maximum Gasteiger partial charge on any atom is 0.266 e. The lowest BCUT2D eigenvalue weighted by Crippen LogP contribution is -2.31. The summed E-state index contributed by atoms with van der Waals surface area (Å²) >= 11 is 0. The summed E-state index contributed by atoms with van der Waals surface area (Å²) in [4.78, 5) is 13.2. The van der Waals surface area contributed by atoms with Crippen LogP contribution in [0.25, 0.3) is 0 Å². The zero-order valence-corrected chi connectivity index (χ0v) is 6.47. The van der Waals surface area contributed by atoms with E-state index in [9.17, 15) is 4.79 Å². The Bertz CT molecular complexity index is 212. The molecule has 0 aliphatic carbocycles. The highest BCUT2D eigenvalue weighted by molar-refractivity contribution is 5.92. The molecule has 11 heavy (non-hydrogen) atoms. The third-order valence-corrected chi connectivity index (χ3v) is 2.48. The van der Waals surface area contributed by atoms with Gasteiger partial charge in [0.2, 0.25) is 0 Å². The third-order valence-electron chi connectivity index (χ3n) is 2.48. The number of nitrogens with one attached hydrogen (secondary N) is 1. The summed E-state index contributed by atoms with van der Waals surface area (Å²) in [7, 11) is 0. The highest BCUT2D eigenvalue weighted by Gasteiger charge is 2.29. The van der Waals surface area contributed by atoms with Gasteiger partial charge in [-0.25, -0.2) is 0 Å². The topological polar surface area (TPSA) is 32.3 Å². The fourth-order valence-corrected chi connectivity index (χ4v) is 1.73. The molecule has 0 aromatic rings. The van der Waals surface area contributed by atoms with Crippen LogP contribution in [0.15, 0.2) is 12.3 Å². The first-order chi connectivity index (χ1) is 5.27. The van der Waals surface area contributed by atoms with Crippen LogP contribution in [0.4, 0.5) is 0 Å². The first kappa shape index (κ1) is 6.70. The quantitative estimate of drug-likeness (QED) is 0.494. The van der Waals surface area contributed by atoms with Gasteiger partial charge in [-0.15, -0.1) is 0 Å². The van der Waals surface area contributed by atoms with E-state index in [0.29, 0.717) is 11.6 Å². The molecular weight excluding hydrogens is 140 g/mol. The lowest BCUT2D eigenvalue weighted by atomic mass is 10.1. The van der Waals surface area contributed by atoms with Gasteiger partial charge in [0.05, 0.1) is 5.70 Å². The van der Waals surface area contributed by atoms with Crippen molar-refractivity contribution >= 4 is 5.91 Å². The first-order valence-corrected chi connectivity index (χ1v) is 3.99. The average molecular weight is 152 g/mol. The molecule has 2 aliphatic rings. The summed E-state index contributed by atoms with van der Waals surface area (Å²) in [5, 5.41) is 2.85. The largest absolute Gasteiger partial charge is 0.367 e. The average Bonchev–Trinajstić information content (AvgIpc) is 2.41. The molecule has 2 fully saturated rings. The summed E-state index contributed by atoms with van der Waals surface area (Å²) in [5.74, 6) is 0.658. The monoisotopic (exact) mass is 152 g/mol. The van der Waals surface area contributed by atoms with Crippen molar-refractivity contribution in [3.63, 3.8) is 0 Å². The minimum absolute atomic E-state index is 0.00667. The van der Waals surface area contributed by atoms with Crippen molar-refractivity contribution in [3.05, 3.63) is 12.3 Å². The fourth-order valence-electron chi connectivity index (χ4n) is 1.73. The Morgan fingerprint density at radius 2 is 2.45 bits per heavy atom. The van der Waals surface area contributed by atoms with Gasteiger partial charge in [0, 0.05) is 19.6 Å². The zero-order chi connectivity index (χ0) is 7.84. The highest BCUT2D eigenvalue weighted by atomic mass is 16.2. The summed E-state index contributed by atoms with van der Waals surface area (Å²) in [6.07, 6.45) is 1.19. The van der Waals surface area contributed by atoms with Crippen LogP contribution in [-0.2, 0) is 4.79 Å². The Hall–Kier alpha value is -0.990. The fraction of sp³-hybridized carbons (Fsp3) is 0.625. The second-order valence-corrected chi connectivity index (χ2v) is 3.26. The molecule has 2 heterocycles. The normalized spacial score (nSPS) is 30.2. The summed E-state index contributed by atoms with van der Waals surface area (Å²) in [6.45, 7) is 6.60. The van der Waals surface area contributed by atoms with E-state index < -0.39 is 0 Å². The van der Waals surface area contributed by atoms with Gasteiger partial charge in [0.1, 0.15) is 0 Å². The molecule has 1 unspecified atom stereocenters. The molecule has 1 atom stereocenters. The number of carbonyl (C=O) groups excluding carboxylic acids is 1. The molecule has 60 valence electrons. The minimum Gasteiger partial charge on any atom is -0.367 e. The maximum atomic E-state index is 11.2. The molecule has 1 amide bonds. The molecule has 0 spiro atoms. The summed E-state index contributed by atoms with van der Waals surface area (Å²) < 4.78 is 0. The highest BCUT2D eigenvalue weighted by Crippen LogP contribution is 2.21. The second-order valence-electron chi connectivity index (χ2n) is 3.26. The SMILES string of the molecule is C=C1C(=O)NCC2CCN1C2. The van der Waals surface area contributed by atoms with Crippen LogP contribution in [0.1, 0.15) is 6.42 Å². The molecule has 0 saturated carbocycles. The smallest absolute Gasteiger partial charge is 0.266 e. The predicted octanol–water partition coefficient (Wildman–Crippen LogP) is -0.0482. The van der Waals surface area contributed by atoms with Crippen molar-refractivity contribution in [2.24, 2.45) is 5.92 Å². The van der Waals surface area contributed by atoms with Crippen LogP contribution in [0.5, 0.6) is 0 Å². The predicted molar refractivity (Wildman–Crippen MR) is 41.8 cm³/mol. The Labute approximate surface area is 66.1 Å². The minimum atomic E-state index is 0.00667. The Kier molecular flexibility index (Phi) is 1.37. The van der Waals surface area contributed by atoms with Gasteiger partial charge in [-0.05, 0) is 12.3 Å². The maximum absolute atomic E-state index is 11.2. The van der Waals surface area contributed by atoms with E-state index in [4.69, 9.17) is 0 Å². The molecule has 3 heteroatoms. The van der Waals surface area contributed by atoms with Gasteiger partial charge in [-0.1, -0.05) is 6.58 Å². The van der Waals surface area contributed by atoms with Crippen LogP contribution in [0.3, 0.4) is 0 Å². The van der Waals surface area contributed by atoms with E-state index in [-0.39, 0.29) is 5.91 Å². The van der Waals surface area contributed by atoms with E-state index in [1.807, 2.05) is 0 Å².